The van der Waals surface area contributed by atoms with E-state index < -0.39 is 18.0 Å². The van der Waals surface area contributed by atoms with E-state index in [9.17, 15) is 9.59 Å². The second-order valence-corrected chi connectivity index (χ2v) is 5.82. The lowest BCUT2D eigenvalue weighted by Crippen LogP contribution is -2.46. The summed E-state index contributed by atoms with van der Waals surface area (Å²) < 4.78 is 1.52. The Kier molecular flexibility index (Phi) is 6.83. The van der Waals surface area contributed by atoms with Crippen molar-refractivity contribution in [3.05, 3.63) is 16.4 Å². The van der Waals surface area contributed by atoms with E-state index in [1.165, 1.54) is 16.4 Å². The van der Waals surface area contributed by atoms with Crippen molar-refractivity contribution >= 4 is 35.4 Å². The fourth-order valence-electron chi connectivity index (χ4n) is 1.75. The van der Waals surface area contributed by atoms with Gasteiger partial charge in [0.2, 0.25) is 0 Å². The number of nitrogens with one attached hydrogen (secondary N) is 2. The van der Waals surface area contributed by atoms with Gasteiger partial charge in [-0.3, -0.25) is 4.68 Å². The van der Waals surface area contributed by atoms with Crippen molar-refractivity contribution < 1.29 is 14.7 Å². The van der Waals surface area contributed by atoms with Crippen LogP contribution >= 0.6 is 23.4 Å². The summed E-state index contributed by atoms with van der Waals surface area (Å²) >= 11 is 7.58. The minimum atomic E-state index is -1.05. The van der Waals surface area contributed by atoms with E-state index >= 15 is 0 Å². The number of aryl methyl sites for hydroxylation is 2. The Labute approximate surface area is 132 Å². The van der Waals surface area contributed by atoms with Crippen LogP contribution in [-0.2, 0) is 18.4 Å². The van der Waals surface area contributed by atoms with E-state index in [-0.39, 0.29) is 6.54 Å². The molecule has 1 rings (SSSR count). The molecule has 1 heterocycles. The van der Waals surface area contributed by atoms with Crippen LogP contribution in [0, 0.1) is 6.92 Å². The lowest BCUT2D eigenvalue weighted by atomic mass is 10.2. The Morgan fingerprint density at radius 2 is 2.19 bits per heavy atom. The molecular formula is C12H19ClN4O3S. The number of hydrogen-bond donors (Lipinski definition) is 3. The molecule has 1 aromatic heterocycles. The molecule has 7 nitrogen and oxygen atoms in total. The van der Waals surface area contributed by atoms with Gasteiger partial charge in [-0.2, -0.15) is 16.9 Å². The van der Waals surface area contributed by atoms with Crippen molar-refractivity contribution in [2.45, 2.75) is 25.9 Å². The zero-order valence-corrected chi connectivity index (χ0v) is 13.7. The van der Waals surface area contributed by atoms with Gasteiger partial charge in [-0.1, -0.05) is 11.6 Å². The SMILES string of the molecule is CSCCC(NC(=O)NCc1c(C)nn(C)c1Cl)C(=O)O. The summed E-state index contributed by atoms with van der Waals surface area (Å²) in [6.45, 7) is 1.98. The number of carbonyl (C=O) groups excluding carboxylic acids is 1. The van der Waals surface area contributed by atoms with Crippen LogP contribution in [0.2, 0.25) is 5.15 Å². The summed E-state index contributed by atoms with van der Waals surface area (Å²) in [5.74, 6) is -0.389. The number of amides is 2. The number of aliphatic carboxylic acids is 1. The third kappa shape index (κ3) is 5.13. The first-order chi connectivity index (χ1) is 9.86. The molecule has 0 saturated carbocycles. The van der Waals surface area contributed by atoms with Gasteiger partial charge in [0, 0.05) is 19.2 Å². The summed E-state index contributed by atoms with van der Waals surface area (Å²) in [4.78, 5) is 22.8. The van der Waals surface area contributed by atoms with Gasteiger partial charge in [0.15, 0.2) is 0 Å². The average Bonchev–Trinajstić information content (AvgIpc) is 2.66. The molecule has 1 atom stereocenters. The second kappa shape index (κ2) is 8.14. The fraction of sp³-hybridized carbons (Fsp3) is 0.583. The highest BCUT2D eigenvalue weighted by atomic mass is 35.5. The van der Waals surface area contributed by atoms with Crippen molar-refractivity contribution in [3.63, 3.8) is 0 Å². The summed E-state index contributed by atoms with van der Waals surface area (Å²) in [7, 11) is 1.71. The molecule has 0 aromatic carbocycles. The topological polar surface area (TPSA) is 96.3 Å². The highest BCUT2D eigenvalue weighted by Crippen LogP contribution is 2.17. The number of hydrogen-bond acceptors (Lipinski definition) is 4. The number of carbonyl (C=O) groups is 2. The largest absolute Gasteiger partial charge is 0.480 e. The molecular weight excluding hydrogens is 316 g/mol. The molecule has 3 N–H and O–H groups in total. The van der Waals surface area contributed by atoms with Crippen molar-refractivity contribution in [2.75, 3.05) is 12.0 Å². The summed E-state index contributed by atoms with van der Waals surface area (Å²) in [6.07, 6.45) is 2.25. The first-order valence-electron chi connectivity index (χ1n) is 6.30. The molecule has 0 fully saturated rings. The zero-order chi connectivity index (χ0) is 16.0. The lowest BCUT2D eigenvalue weighted by Gasteiger charge is -2.14. The van der Waals surface area contributed by atoms with Gasteiger partial charge in [0.25, 0.3) is 0 Å². The Balaban J connectivity index is 2.54. The van der Waals surface area contributed by atoms with E-state index in [2.05, 4.69) is 15.7 Å². The van der Waals surface area contributed by atoms with E-state index in [4.69, 9.17) is 16.7 Å². The Bertz CT molecular complexity index is 521. The smallest absolute Gasteiger partial charge is 0.326 e. The number of nitrogens with zero attached hydrogens (tertiary/aromatic N) is 2. The fourth-order valence-corrected chi connectivity index (χ4v) is 2.46. The first-order valence-corrected chi connectivity index (χ1v) is 8.08. The van der Waals surface area contributed by atoms with Gasteiger partial charge < -0.3 is 15.7 Å². The molecule has 1 aromatic rings. The van der Waals surface area contributed by atoms with E-state index in [1.807, 2.05) is 6.26 Å². The lowest BCUT2D eigenvalue weighted by molar-refractivity contribution is -0.139. The maximum absolute atomic E-state index is 11.8. The van der Waals surface area contributed by atoms with Gasteiger partial charge in [-0.25, -0.2) is 9.59 Å². The van der Waals surface area contributed by atoms with Crippen LogP contribution in [0.5, 0.6) is 0 Å². The molecule has 0 bridgehead atoms. The quantitative estimate of drug-likeness (QED) is 0.700. The highest BCUT2D eigenvalue weighted by Gasteiger charge is 2.19. The van der Waals surface area contributed by atoms with Crippen molar-refractivity contribution in [3.8, 4) is 0 Å². The van der Waals surface area contributed by atoms with Crippen LogP contribution in [-0.4, -0.2) is 44.9 Å². The molecule has 0 radical (unpaired) electrons. The molecule has 1 unspecified atom stereocenters. The third-order valence-corrected chi connectivity index (χ3v) is 4.03. The van der Waals surface area contributed by atoms with Crippen LogP contribution in [0.4, 0.5) is 4.79 Å². The Morgan fingerprint density at radius 3 is 2.67 bits per heavy atom. The van der Waals surface area contributed by atoms with Gasteiger partial charge in [-0.15, -0.1) is 0 Å². The summed E-state index contributed by atoms with van der Waals surface area (Å²) in [5.41, 5.74) is 1.44. The van der Waals surface area contributed by atoms with E-state index in [0.29, 0.717) is 22.9 Å². The first kappa shape index (κ1) is 17.6. The summed E-state index contributed by atoms with van der Waals surface area (Å²) in [5, 5.41) is 18.7. The van der Waals surface area contributed by atoms with Gasteiger partial charge in [-0.05, 0) is 25.4 Å². The standard InChI is InChI=1S/C12H19ClN4O3S/c1-7-8(10(13)17(2)16-7)6-14-12(20)15-9(11(18)19)4-5-21-3/h9H,4-6H2,1-3H3,(H,18,19)(H2,14,15,20). The van der Waals surface area contributed by atoms with Crippen LogP contribution in [0.3, 0.4) is 0 Å². The zero-order valence-electron chi connectivity index (χ0n) is 12.1. The second-order valence-electron chi connectivity index (χ2n) is 4.48. The van der Waals surface area contributed by atoms with Crippen molar-refractivity contribution in [2.24, 2.45) is 7.05 Å². The molecule has 0 aliphatic heterocycles. The molecule has 0 saturated heterocycles. The molecule has 9 heteroatoms. The van der Waals surface area contributed by atoms with Gasteiger partial charge in [0.05, 0.1) is 5.69 Å². The predicted molar refractivity (Wildman–Crippen MR) is 82.7 cm³/mol. The summed E-state index contributed by atoms with van der Waals surface area (Å²) in [6, 6.07) is -1.44. The number of aromatic nitrogens is 2. The van der Waals surface area contributed by atoms with Gasteiger partial charge in [0.1, 0.15) is 11.2 Å². The number of rotatable bonds is 7. The molecule has 21 heavy (non-hydrogen) atoms. The average molecular weight is 335 g/mol. The van der Waals surface area contributed by atoms with Crippen LogP contribution < -0.4 is 10.6 Å². The molecule has 0 aliphatic rings. The number of carboxylic acid groups (broad SMARTS) is 1. The van der Waals surface area contributed by atoms with Crippen LogP contribution in [0.15, 0.2) is 0 Å². The predicted octanol–water partition coefficient (Wildman–Crippen LogP) is 1.39. The number of carboxylic acids is 1. The van der Waals surface area contributed by atoms with Crippen molar-refractivity contribution in [1.82, 2.24) is 20.4 Å². The van der Waals surface area contributed by atoms with Crippen LogP contribution in [0.1, 0.15) is 17.7 Å². The minimum absolute atomic E-state index is 0.194. The number of halogens is 1. The Hall–Kier alpha value is -1.41. The number of urea groups is 1. The molecule has 0 spiro atoms. The monoisotopic (exact) mass is 334 g/mol. The maximum atomic E-state index is 11.8. The van der Waals surface area contributed by atoms with E-state index in [1.54, 1.807) is 14.0 Å². The Morgan fingerprint density at radius 1 is 1.52 bits per heavy atom. The van der Waals surface area contributed by atoms with Crippen molar-refractivity contribution in [1.29, 1.82) is 0 Å². The third-order valence-electron chi connectivity index (χ3n) is 2.91. The van der Waals surface area contributed by atoms with Crippen LogP contribution in [0.25, 0.3) is 0 Å². The molecule has 0 aliphatic carbocycles. The molecule has 2 amide bonds. The van der Waals surface area contributed by atoms with Gasteiger partial charge >= 0.3 is 12.0 Å². The van der Waals surface area contributed by atoms with E-state index in [0.717, 1.165) is 5.69 Å². The molecule has 118 valence electrons. The maximum Gasteiger partial charge on any atom is 0.326 e. The normalized spacial score (nSPS) is 12.0. The highest BCUT2D eigenvalue weighted by molar-refractivity contribution is 7.98. The number of thioether (sulfide) groups is 1. The minimum Gasteiger partial charge on any atom is -0.480 e.